The van der Waals surface area contributed by atoms with E-state index in [1.807, 2.05) is 35.8 Å². The predicted octanol–water partition coefficient (Wildman–Crippen LogP) is 4.35. The van der Waals surface area contributed by atoms with Crippen LogP contribution in [0.5, 0.6) is 0 Å². The van der Waals surface area contributed by atoms with Gasteiger partial charge in [-0.1, -0.05) is 27.7 Å². The maximum atomic E-state index is 12.6. The second-order valence-electron chi connectivity index (χ2n) is 8.10. The lowest BCUT2D eigenvalue weighted by atomic mass is 9.79. The van der Waals surface area contributed by atoms with Crippen LogP contribution in [-0.2, 0) is 4.79 Å². The van der Waals surface area contributed by atoms with Crippen molar-refractivity contribution >= 4 is 11.6 Å². The number of hydrogen-bond donors (Lipinski definition) is 0. The molecule has 2 heterocycles. The van der Waals surface area contributed by atoms with Crippen molar-refractivity contribution in [2.45, 2.75) is 79.3 Å². The molecule has 1 aliphatic carbocycles. The largest absolute Gasteiger partial charge is 0.307 e. The third-order valence-electron chi connectivity index (χ3n) is 5.88. The van der Waals surface area contributed by atoms with E-state index in [4.69, 9.17) is 0 Å². The van der Waals surface area contributed by atoms with Gasteiger partial charge < -0.3 is 4.90 Å². The summed E-state index contributed by atoms with van der Waals surface area (Å²) >= 11 is 0. The van der Waals surface area contributed by atoms with E-state index in [0.717, 1.165) is 30.6 Å². The molecule has 1 aromatic heterocycles. The third-order valence-corrected chi connectivity index (χ3v) is 5.88. The van der Waals surface area contributed by atoms with Crippen molar-refractivity contribution in [3.8, 4) is 0 Å². The monoisotopic (exact) mass is 362 g/mol. The Morgan fingerprint density at radius 2 is 1.69 bits per heavy atom. The highest BCUT2D eigenvalue weighted by atomic mass is 16.2. The number of aromatic nitrogens is 2. The van der Waals surface area contributed by atoms with Crippen molar-refractivity contribution in [1.29, 1.82) is 0 Å². The first-order valence-electron chi connectivity index (χ1n) is 10.5. The van der Waals surface area contributed by atoms with E-state index >= 15 is 0 Å². The van der Waals surface area contributed by atoms with Gasteiger partial charge >= 0.3 is 0 Å². The molecular formula is C21H38N4O. The summed E-state index contributed by atoms with van der Waals surface area (Å²) in [6.07, 6.45) is 8.95. The van der Waals surface area contributed by atoms with Crippen molar-refractivity contribution < 1.29 is 4.79 Å². The van der Waals surface area contributed by atoms with Crippen molar-refractivity contribution in [1.82, 2.24) is 14.7 Å². The molecule has 2 fully saturated rings. The maximum Gasteiger partial charge on any atom is 0.241 e. The third kappa shape index (κ3) is 4.87. The Morgan fingerprint density at radius 1 is 1.04 bits per heavy atom. The van der Waals surface area contributed by atoms with Crippen LogP contribution in [0.2, 0.25) is 0 Å². The average molecular weight is 363 g/mol. The summed E-state index contributed by atoms with van der Waals surface area (Å²) in [6.45, 7) is 15.2. The lowest BCUT2D eigenvalue weighted by Gasteiger charge is -2.41. The molecule has 0 aromatic carbocycles. The summed E-state index contributed by atoms with van der Waals surface area (Å²) in [5.74, 6) is 1.89. The Morgan fingerprint density at radius 3 is 2.19 bits per heavy atom. The van der Waals surface area contributed by atoms with Gasteiger partial charge in [-0.3, -0.25) is 14.4 Å². The van der Waals surface area contributed by atoms with E-state index in [2.05, 4.69) is 37.7 Å². The van der Waals surface area contributed by atoms with Gasteiger partial charge in [-0.05, 0) is 51.4 Å². The van der Waals surface area contributed by atoms with Gasteiger partial charge in [0.15, 0.2) is 0 Å². The van der Waals surface area contributed by atoms with E-state index < -0.39 is 0 Å². The van der Waals surface area contributed by atoms with Gasteiger partial charge in [-0.25, -0.2) is 0 Å². The Labute approximate surface area is 159 Å². The highest BCUT2D eigenvalue weighted by Crippen LogP contribution is 2.33. The van der Waals surface area contributed by atoms with Crippen LogP contribution in [0.25, 0.3) is 0 Å². The van der Waals surface area contributed by atoms with E-state index in [1.54, 1.807) is 0 Å². The minimum absolute atomic E-state index is 0.218. The zero-order valence-corrected chi connectivity index (χ0v) is 17.6. The lowest BCUT2D eigenvalue weighted by molar-refractivity contribution is -0.122. The number of carbonyl (C=O) groups excluding carboxylic acids is 1. The highest BCUT2D eigenvalue weighted by molar-refractivity contribution is 5.95. The molecular weight excluding hydrogens is 324 g/mol. The second kappa shape index (κ2) is 9.54. The summed E-state index contributed by atoms with van der Waals surface area (Å²) in [7, 11) is 0. The molecule has 0 bridgehead atoms. The first-order chi connectivity index (χ1) is 12.5. The van der Waals surface area contributed by atoms with Gasteiger partial charge in [-0.2, -0.15) is 5.10 Å². The Hall–Kier alpha value is -1.36. The summed E-state index contributed by atoms with van der Waals surface area (Å²) in [5, 5.41) is 4.37. The van der Waals surface area contributed by atoms with E-state index in [0.29, 0.717) is 18.6 Å². The van der Waals surface area contributed by atoms with Crippen molar-refractivity contribution in [2.24, 2.45) is 11.8 Å². The predicted molar refractivity (Wildman–Crippen MR) is 108 cm³/mol. The van der Waals surface area contributed by atoms with E-state index in [-0.39, 0.29) is 5.91 Å². The van der Waals surface area contributed by atoms with Crippen LogP contribution >= 0.6 is 0 Å². The number of anilines is 1. The Bertz CT molecular complexity index is 558. The summed E-state index contributed by atoms with van der Waals surface area (Å²) in [4.78, 5) is 17.0. The SMILES string of the molecule is CC.CC(C)C1CCC(N2CCN(c3cnn(C(C)C)c3)C(=O)C2)CC1. The normalized spacial score (nSPS) is 24.8. The van der Waals surface area contributed by atoms with Crippen LogP contribution in [-0.4, -0.2) is 46.3 Å². The van der Waals surface area contributed by atoms with Gasteiger partial charge in [-0.15, -0.1) is 0 Å². The number of hydrogen-bond acceptors (Lipinski definition) is 3. The first kappa shape index (κ1) is 20.9. The van der Waals surface area contributed by atoms with Crippen molar-refractivity contribution in [3.05, 3.63) is 12.4 Å². The van der Waals surface area contributed by atoms with Crippen LogP contribution in [0.4, 0.5) is 5.69 Å². The molecule has 5 nitrogen and oxygen atoms in total. The second-order valence-corrected chi connectivity index (χ2v) is 8.10. The number of carbonyl (C=O) groups is 1. The minimum Gasteiger partial charge on any atom is -0.307 e. The minimum atomic E-state index is 0.218. The topological polar surface area (TPSA) is 41.4 Å². The quantitative estimate of drug-likeness (QED) is 0.799. The molecule has 3 rings (SSSR count). The van der Waals surface area contributed by atoms with Crippen LogP contribution in [0, 0.1) is 11.8 Å². The molecule has 2 aliphatic rings. The zero-order valence-electron chi connectivity index (χ0n) is 17.6. The molecule has 1 amide bonds. The number of piperazine rings is 1. The fraction of sp³-hybridized carbons (Fsp3) is 0.810. The number of rotatable bonds is 4. The molecule has 1 saturated carbocycles. The number of nitrogens with zero attached hydrogens (tertiary/aromatic N) is 4. The molecule has 1 aromatic rings. The molecule has 1 aliphatic heterocycles. The Balaban J connectivity index is 0.00000117. The molecule has 148 valence electrons. The van der Waals surface area contributed by atoms with Gasteiger partial charge in [0.2, 0.25) is 5.91 Å². The lowest BCUT2D eigenvalue weighted by Crippen LogP contribution is -2.54. The van der Waals surface area contributed by atoms with Gasteiger partial charge in [0.05, 0.1) is 18.4 Å². The van der Waals surface area contributed by atoms with E-state index in [9.17, 15) is 4.79 Å². The van der Waals surface area contributed by atoms with Crippen molar-refractivity contribution in [2.75, 3.05) is 24.5 Å². The standard InChI is InChI=1S/C19H32N4O.C2H6/c1-14(2)16-5-7-17(8-6-16)21-9-10-22(19(24)13-21)18-11-20-23(12-18)15(3)4;1-2/h11-12,14-17H,5-10,13H2,1-4H3;1-2H3. The maximum absolute atomic E-state index is 12.6. The Kier molecular flexibility index (Phi) is 7.69. The summed E-state index contributed by atoms with van der Waals surface area (Å²) in [6, 6.07) is 0.927. The highest BCUT2D eigenvalue weighted by Gasteiger charge is 2.33. The first-order valence-corrected chi connectivity index (χ1v) is 10.5. The molecule has 5 heteroatoms. The molecule has 0 radical (unpaired) electrons. The molecule has 0 unspecified atom stereocenters. The molecule has 1 saturated heterocycles. The van der Waals surface area contributed by atoms with E-state index in [1.165, 1.54) is 25.7 Å². The molecule has 26 heavy (non-hydrogen) atoms. The molecule has 0 atom stereocenters. The summed E-state index contributed by atoms with van der Waals surface area (Å²) in [5.41, 5.74) is 0.942. The fourth-order valence-electron chi connectivity index (χ4n) is 4.16. The van der Waals surface area contributed by atoms with Crippen LogP contribution in [0.3, 0.4) is 0 Å². The molecule has 0 N–H and O–H groups in total. The summed E-state index contributed by atoms with van der Waals surface area (Å²) < 4.78 is 1.92. The fourth-order valence-corrected chi connectivity index (χ4v) is 4.16. The van der Waals surface area contributed by atoms with Gasteiger partial charge in [0.1, 0.15) is 0 Å². The van der Waals surface area contributed by atoms with Crippen molar-refractivity contribution in [3.63, 3.8) is 0 Å². The zero-order chi connectivity index (χ0) is 19.3. The van der Waals surface area contributed by atoms with Crippen LogP contribution in [0.15, 0.2) is 12.4 Å². The molecule has 0 spiro atoms. The van der Waals surface area contributed by atoms with Gasteiger partial charge in [0.25, 0.3) is 0 Å². The van der Waals surface area contributed by atoms with Gasteiger partial charge in [0, 0.05) is 31.4 Å². The number of amides is 1. The van der Waals surface area contributed by atoms with Crippen LogP contribution in [0.1, 0.15) is 73.3 Å². The van der Waals surface area contributed by atoms with Crippen LogP contribution < -0.4 is 4.90 Å². The average Bonchev–Trinajstić information content (AvgIpc) is 3.13. The smallest absolute Gasteiger partial charge is 0.241 e.